The molecule has 1 aliphatic rings. The molecule has 0 spiro atoms. The molecule has 0 unspecified atom stereocenters. The van der Waals surface area contributed by atoms with Crippen LogP contribution in [0.5, 0.6) is 5.19 Å². The third kappa shape index (κ3) is 3.48. The fraction of sp³-hybridized carbons (Fsp3) is 0.211. The minimum Gasteiger partial charge on any atom is -0.465 e. The first-order chi connectivity index (χ1) is 13.0. The highest BCUT2D eigenvalue weighted by molar-refractivity contribution is 7.20. The standard InChI is InChI=1S/C19H15ClN2O4S/c1-25-18(24)12-7-5-11(6-8-12)17(23)22-9-13(10-22)26-19-21-16-14(20)3-2-4-15(16)27-19/h2-8,13H,9-10H2,1H3. The van der Waals surface area contributed by atoms with Crippen LogP contribution in [0.1, 0.15) is 20.7 Å². The second-order valence-electron chi connectivity index (χ2n) is 6.09. The normalized spacial score (nSPS) is 14.1. The van der Waals surface area contributed by atoms with Gasteiger partial charge in [-0.3, -0.25) is 4.79 Å². The summed E-state index contributed by atoms with van der Waals surface area (Å²) < 4.78 is 11.5. The van der Waals surface area contributed by atoms with Crippen molar-refractivity contribution in [1.29, 1.82) is 0 Å². The number of rotatable bonds is 4. The largest absolute Gasteiger partial charge is 0.465 e. The first-order valence-electron chi connectivity index (χ1n) is 8.24. The van der Waals surface area contributed by atoms with Crippen LogP contribution < -0.4 is 4.74 Å². The van der Waals surface area contributed by atoms with Crippen molar-refractivity contribution in [3.05, 3.63) is 58.6 Å². The monoisotopic (exact) mass is 402 g/mol. The van der Waals surface area contributed by atoms with Crippen molar-refractivity contribution in [3.63, 3.8) is 0 Å². The van der Waals surface area contributed by atoms with Gasteiger partial charge in [0.25, 0.3) is 11.1 Å². The highest BCUT2D eigenvalue weighted by Gasteiger charge is 2.33. The summed E-state index contributed by atoms with van der Waals surface area (Å²) in [6.07, 6.45) is -0.0948. The van der Waals surface area contributed by atoms with Gasteiger partial charge in [0.05, 0.1) is 35.5 Å². The first kappa shape index (κ1) is 17.8. The molecule has 6 nitrogen and oxygen atoms in total. The van der Waals surface area contributed by atoms with Gasteiger partial charge in [-0.1, -0.05) is 29.0 Å². The number of thiazole rings is 1. The molecule has 0 N–H and O–H groups in total. The van der Waals surface area contributed by atoms with Gasteiger partial charge >= 0.3 is 5.97 Å². The Bertz CT molecular complexity index is 1010. The number of methoxy groups -OCH3 is 1. The van der Waals surface area contributed by atoms with Crippen LogP contribution in [0, 0.1) is 0 Å². The minimum atomic E-state index is -0.428. The Morgan fingerprint density at radius 3 is 2.52 bits per heavy atom. The van der Waals surface area contributed by atoms with Crippen LogP contribution in [0.3, 0.4) is 0 Å². The molecule has 0 aliphatic carbocycles. The molecule has 27 heavy (non-hydrogen) atoms. The number of likely N-dealkylation sites (tertiary alicyclic amines) is 1. The van der Waals surface area contributed by atoms with Crippen LogP contribution in [-0.4, -0.2) is 48.1 Å². The molecule has 2 heterocycles. The van der Waals surface area contributed by atoms with E-state index in [1.165, 1.54) is 18.4 Å². The lowest BCUT2D eigenvalue weighted by atomic mass is 10.1. The summed E-state index contributed by atoms with van der Waals surface area (Å²) in [5, 5.41) is 1.15. The number of nitrogens with zero attached hydrogens (tertiary/aromatic N) is 2. The number of esters is 1. The number of ether oxygens (including phenoxy) is 2. The lowest BCUT2D eigenvalue weighted by molar-refractivity contribution is 0.0178. The van der Waals surface area contributed by atoms with E-state index in [0.717, 1.165) is 10.2 Å². The van der Waals surface area contributed by atoms with E-state index in [-0.39, 0.29) is 12.0 Å². The van der Waals surface area contributed by atoms with Crippen LogP contribution in [-0.2, 0) is 4.74 Å². The van der Waals surface area contributed by atoms with E-state index in [2.05, 4.69) is 9.72 Å². The Hall–Kier alpha value is -2.64. The van der Waals surface area contributed by atoms with E-state index in [9.17, 15) is 9.59 Å². The average molecular weight is 403 g/mol. The fourth-order valence-corrected chi connectivity index (χ4v) is 4.00. The van der Waals surface area contributed by atoms with E-state index in [4.69, 9.17) is 16.3 Å². The molecule has 1 aliphatic heterocycles. The van der Waals surface area contributed by atoms with Gasteiger partial charge in [-0.25, -0.2) is 9.78 Å². The maximum absolute atomic E-state index is 12.5. The van der Waals surface area contributed by atoms with Crippen LogP contribution in [0.2, 0.25) is 5.02 Å². The Morgan fingerprint density at radius 2 is 1.85 bits per heavy atom. The number of para-hydroxylation sites is 1. The Labute approximate surface area is 164 Å². The van der Waals surface area contributed by atoms with Crippen LogP contribution in [0.25, 0.3) is 10.2 Å². The van der Waals surface area contributed by atoms with Crippen molar-refractivity contribution in [3.8, 4) is 5.19 Å². The molecule has 0 bridgehead atoms. The number of benzene rings is 2. The number of carbonyl (C=O) groups excluding carboxylic acids is 2. The SMILES string of the molecule is COC(=O)c1ccc(C(=O)N2CC(Oc3nc4c(Cl)cccc4s3)C2)cc1. The molecule has 2 aromatic carbocycles. The third-order valence-corrected chi connectivity index (χ3v) is 5.52. The second-order valence-corrected chi connectivity index (χ2v) is 7.49. The van der Waals surface area contributed by atoms with Crippen LogP contribution in [0.4, 0.5) is 0 Å². The maximum Gasteiger partial charge on any atom is 0.337 e. The smallest absolute Gasteiger partial charge is 0.337 e. The third-order valence-electron chi connectivity index (χ3n) is 4.31. The van der Waals surface area contributed by atoms with Crippen molar-refractivity contribution in [2.24, 2.45) is 0 Å². The molecule has 0 radical (unpaired) electrons. The molecular formula is C19H15ClN2O4S. The summed E-state index contributed by atoms with van der Waals surface area (Å²) in [6, 6.07) is 12.0. The van der Waals surface area contributed by atoms with Crippen molar-refractivity contribution >= 4 is 45.0 Å². The predicted molar refractivity (Wildman–Crippen MR) is 103 cm³/mol. The first-order valence-corrected chi connectivity index (χ1v) is 9.44. The zero-order chi connectivity index (χ0) is 19.0. The van der Waals surface area contributed by atoms with Crippen molar-refractivity contribution < 1.29 is 19.1 Å². The number of carbonyl (C=O) groups is 2. The minimum absolute atomic E-state index is 0.0948. The Kier molecular flexibility index (Phi) is 4.72. The van der Waals surface area contributed by atoms with Gasteiger partial charge in [-0.05, 0) is 36.4 Å². The highest BCUT2D eigenvalue weighted by Crippen LogP contribution is 2.33. The molecule has 3 aromatic rings. The van der Waals surface area contributed by atoms with Gasteiger partial charge in [-0.15, -0.1) is 0 Å². The highest BCUT2D eigenvalue weighted by atomic mass is 35.5. The lowest BCUT2D eigenvalue weighted by Crippen LogP contribution is -2.56. The van der Waals surface area contributed by atoms with Gasteiger partial charge in [-0.2, -0.15) is 0 Å². The maximum atomic E-state index is 12.5. The molecular weight excluding hydrogens is 388 g/mol. The van der Waals surface area contributed by atoms with Gasteiger partial charge < -0.3 is 14.4 Å². The molecule has 1 aromatic heterocycles. The number of amides is 1. The summed E-state index contributed by atoms with van der Waals surface area (Å²) >= 11 is 7.57. The molecule has 8 heteroatoms. The van der Waals surface area contributed by atoms with E-state index in [1.807, 2.05) is 12.1 Å². The van der Waals surface area contributed by atoms with Crippen molar-refractivity contribution in [2.45, 2.75) is 6.10 Å². The average Bonchev–Trinajstić information content (AvgIpc) is 3.07. The van der Waals surface area contributed by atoms with Gasteiger partial charge in [0.2, 0.25) is 0 Å². The molecule has 0 saturated carbocycles. The van der Waals surface area contributed by atoms with E-state index in [1.54, 1.807) is 35.2 Å². The van der Waals surface area contributed by atoms with Gasteiger partial charge in [0.1, 0.15) is 11.6 Å². The predicted octanol–water partition coefficient (Wildman–Crippen LogP) is 3.64. The van der Waals surface area contributed by atoms with E-state index in [0.29, 0.717) is 34.4 Å². The van der Waals surface area contributed by atoms with Gasteiger partial charge in [0.15, 0.2) is 0 Å². The molecule has 4 rings (SSSR count). The number of hydrogen-bond acceptors (Lipinski definition) is 6. The van der Waals surface area contributed by atoms with Crippen LogP contribution >= 0.6 is 22.9 Å². The number of fused-ring (bicyclic) bond motifs is 1. The van der Waals surface area contributed by atoms with Crippen LogP contribution in [0.15, 0.2) is 42.5 Å². The number of hydrogen-bond donors (Lipinski definition) is 0. The van der Waals surface area contributed by atoms with E-state index >= 15 is 0 Å². The quantitative estimate of drug-likeness (QED) is 0.623. The van der Waals surface area contributed by atoms with Crippen molar-refractivity contribution in [2.75, 3.05) is 20.2 Å². The Balaban J connectivity index is 1.36. The fourth-order valence-electron chi connectivity index (χ4n) is 2.82. The number of aromatic nitrogens is 1. The zero-order valence-corrected chi connectivity index (χ0v) is 15.9. The summed E-state index contributed by atoms with van der Waals surface area (Å²) in [6.45, 7) is 0.975. The van der Waals surface area contributed by atoms with Gasteiger partial charge in [0, 0.05) is 5.56 Å². The summed E-state index contributed by atoms with van der Waals surface area (Å²) in [4.78, 5) is 30.0. The zero-order valence-electron chi connectivity index (χ0n) is 14.3. The summed E-state index contributed by atoms with van der Waals surface area (Å²) in [7, 11) is 1.32. The lowest BCUT2D eigenvalue weighted by Gasteiger charge is -2.38. The molecule has 1 fully saturated rings. The molecule has 1 saturated heterocycles. The van der Waals surface area contributed by atoms with E-state index < -0.39 is 5.97 Å². The topological polar surface area (TPSA) is 68.7 Å². The molecule has 138 valence electrons. The second kappa shape index (κ2) is 7.17. The number of halogens is 1. The molecule has 0 atom stereocenters. The van der Waals surface area contributed by atoms with Crippen molar-refractivity contribution in [1.82, 2.24) is 9.88 Å². The summed E-state index contributed by atoms with van der Waals surface area (Å²) in [5.41, 5.74) is 1.67. The Morgan fingerprint density at radius 1 is 1.15 bits per heavy atom. The summed E-state index contributed by atoms with van der Waals surface area (Å²) in [5.74, 6) is -0.527. The molecule has 1 amide bonds.